The second-order valence-corrected chi connectivity index (χ2v) is 2.99. The maximum Gasteiger partial charge on any atom is 0.305 e. The number of esters is 1. The van der Waals surface area contributed by atoms with Crippen LogP contribution in [0.25, 0.3) is 0 Å². The number of carbonyl (C=O) groups is 3. The maximum atomic E-state index is 10.8. The smallest absolute Gasteiger partial charge is 0.305 e. The van der Waals surface area contributed by atoms with E-state index in [0.717, 1.165) is 0 Å². The minimum atomic E-state index is -0.416. The maximum absolute atomic E-state index is 10.8. The number of ether oxygens (including phenoxy) is 1. The summed E-state index contributed by atoms with van der Waals surface area (Å²) in [4.78, 5) is 32.2. The van der Waals surface area contributed by atoms with Gasteiger partial charge < -0.3 is 4.74 Å². The Balaban J connectivity index is 3.42. The molecule has 0 aromatic rings. The van der Waals surface area contributed by atoms with Crippen LogP contribution in [0, 0.1) is 0 Å². The molecule has 0 radical (unpaired) electrons. The molecule has 0 bridgehead atoms. The number of carbonyl (C=O) groups excluding carboxylic acids is 3. The monoisotopic (exact) mass is 200 g/mol. The molecule has 0 N–H and O–H groups in total. The molecule has 0 aromatic carbocycles. The van der Waals surface area contributed by atoms with Crippen molar-refractivity contribution in [3.63, 3.8) is 0 Å². The molecule has 0 saturated carbocycles. The number of ketones is 2. The summed E-state index contributed by atoms with van der Waals surface area (Å²) in [5.41, 5.74) is 0. The molecule has 0 aliphatic rings. The van der Waals surface area contributed by atoms with Crippen LogP contribution < -0.4 is 0 Å². The van der Waals surface area contributed by atoms with Crippen molar-refractivity contribution in [2.24, 2.45) is 0 Å². The van der Waals surface area contributed by atoms with Gasteiger partial charge in [0.25, 0.3) is 0 Å². The molecule has 0 saturated heterocycles. The molecular formula is C10H16O4. The number of unbranched alkanes of at least 4 members (excludes halogenated alkanes) is 1. The van der Waals surface area contributed by atoms with Crippen LogP contribution in [-0.2, 0) is 19.1 Å². The van der Waals surface area contributed by atoms with Gasteiger partial charge in [0.2, 0.25) is 0 Å². The summed E-state index contributed by atoms with van der Waals surface area (Å²) in [5.74, 6) is -1.03. The van der Waals surface area contributed by atoms with E-state index in [1.165, 1.54) is 6.92 Å². The number of Topliss-reactive ketones (excluding diaryl/α,β-unsaturated/α-hetero) is 2. The zero-order valence-corrected chi connectivity index (χ0v) is 8.67. The van der Waals surface area contributed by atoms with Crippen molar-refractivity contribution >= 4 is 17.5 Å². The van der Waals surface area contributed by atoms with Crippen molar-refractivity contribution in [2.75, 3.05) is 6.61 Å². The van der Waals surface area contributed by atoms with E-state index in [-0.39, 0.29) is 18.2 Å². The van der Waals surface area contributed by atoms with Gasteiger partial charge in [-0.05, 0) is 19.8 Å². The van der Waals surface area contributed by atoms with Crippen molar-refractivity contribution in [3.05, 3.63) is 0 Å². The molecule has 0 rings (SSSR count). The van der Waals surface area contributed by atoms with Gasteiger partial charge in [-0.1, -0.05) is 0 Å². The minimum absolute atomic E-state index is 0.231. The molecule has 4 heteroatoms. The first kappa shape index (κ1) is 12.8. The van der Waals surface area contributed by atoms with Crippen LogP contribution in [-0.4, -0.2) is 24.1 Å². The second-order valence-electron chi connectivity index (χ2n) is 2.99. The van der Waals surface area contributed by atoms with Crippen LogP contribution in [0.2, 0.25) is 0 Å². The first-order chi connectivity index (χ1) is 6.57. The summed E-state index contributed by atoms with van der Waals surface area (Å²) in [6.45, 7) is 3.38. The van der Waals surface area contributed by atoms with Gasteiger partial charge in [0, 0.05) is 19.8 Å². The second kappa shape index (κ2) is 7.24. The summed E-state index contributed by atoms with van der Waals surface area (Å²) in [7, 11) is 0. The first-order valence-corrected chi connectivity index (χ1v) is 4.77. The number of hydrogen-bond acceptors (Lipinski definition) is 4. The number of rotatable bonds is 7. The summed E-state index contributed by atoms with van der Waals surface area (Å²) in [6.07, 6.45) is 1.71. The van der Waals surface area contributed by atoms with Gasteiger partial charge in [-0.15, -0.1) is 0 Å². The van der Waals surface area contributed by atoms with Crippen molar-refractivity contribution < 1.29 is 19.1 Å². The Hall–Kier alpha value is -1.19. The van der Waals surface area contributed by atoms with Gasteiger partial charge >= 0.3 is 5.97 Å². The van der Waals surface area contributed by atoms with Crippen molar-refractivity contribution in [3.8, 4) is 0 Å². The van der Waals surface area contributed by atoms with Gasteiger partial charge in [-0.2, -0.15) is 0 Å². The highest BCUT2D eigenvalue weighted by Crippen LogP contribution is 2.02. The summed E-state index contributed by atoms with van der Waals surface area (Å²) >= 11 is 0. The molecule has 0 spiro atoms. The molecule has 0 aliphatic carbocycles. The lowest BCUT2D eigenvalue weighted by Gasteiger charge is -2.00. The van der Waals surface area contributed by atoms with Crippen LogP contribution in [0.15, 0.2) is 0 Å². The summed E-state index contributed by atoms with van der Waals surface area (Å²) < 4.78 is 4.71. The third kappa shape index (κ3) is 6.34. The van der Waals surface area contributed by atoms with E-state index in [4.69, 9.17) is 4.74 Å². The summed E-state index contributed by atoms with van der Waals surface area (Å²) in [6, 6.07) is 0. The Morgan fingerprint density at radius 2 is 1.64 bits per heavy atom. The van der Waals surface area contributed by atoms with Crippen LogP contribution in [0.4, 0.5) is 0 Å². The fourth-order valence-corrected chi connectivity index (χ4v) is 0.964. The molecule has 0 fully saturated rings. The molecule has 0 amide bonds. The SMILES string of the molecule is CCOC(=O)CCCCC(=O)C(C)=O. The van der Waals surface area contributed by atoms with E-state index < -0.39 is 5.78 Å². The Morgan fingerprint density at radius 1 is 1.07 bits per heavy atom. The highest BCUT2D eigenvalue weighted by molar-refractivity contribution is 6.36. The van der Waals surface area contributed by atoms with E-state index in [1.54, 1.807) is 6.92 Å². The van der Waals surface area contributed by atoms with Crippen LogP contribution in [0.3, 0.4) is 0 Å². The molecule has 0 aromatic heterocycles. The lowest BCUT2D eigenvalue weighted by Crippen LogP contribution is -2.09. The zero-order valence-electron chi connectivity index (χ0n) is 8.67. The van der Waals surface area contributed by atoms with E-state index in [2.05, 4.69) is 0 Å². The number of hydrogen-bond donors (Lipinski definition) is 0. The van der Waals surface area contributed by atoms with Crippen LogP contribution in [0.1, 0.15) is 39.5 Å². The van der Waals surface area contributed by atoms with Crippen LogP contribution in [0.5, 0.6) is 0 Å². The molecular weight excluding hydrogens is 184 g/mol. The predicted molar refractivity (Wildman–Crippen MR) is 50.8 cm³/mol. The molecule has 0 atom stereocenters. The zero-order chi connectivity index (χ0) is 11.0. The summed E-state index contributed by atoms with van der Waals surface area (Å²) in [5, 5.41) is 0. The molecule has 80 valence electrons. The molecule has 14 heavy (non-hydrogen) atoms. The van der Waals surface area contributed by atoms with Gasteiger partial charge in [0.1, 0.15) is 0 Å². The van der Waals surface area contributed by atoms with E-state index in [9.17, 15) is 14.4 Å². The van der Waals surface area contributed by atoms with Gasteiger partial charge in [-0.25, -0.2) is 0 Å². The average Bonchev–Trinajstić information content (AvgIpc) is 2.12. The highest BCUT2D eigenvalue weighted by Gasteiger charge is 2.07. The Labute approximate surface area is 83.6 Å². The topological polar surface area (TPSA) is 60.4 Å². The van der Waals surface area contributed by atoms with Crippen molar-refractivity contribution in [1.82, 2.24) is 0 Å². The van der Waals surface area contributed by atoms with Gasteiger partial charge in [0.15, 0.2) is 11.6 Å². The largest absolute Gasteiger partial charge is 0.466 e. The molecule has 0 heterocycles. The standard InChI is InChI=1S/C10H16O4/c1-3-14-10(13)7-5-4-6-9(12)8(2)11/h3-7H2,1-2H3. The molecule has 0 unspecified atom stereocenters. The minimum Gasteiger partial charge on any atom is -0.466 e. The van der Waals surface area contributed by atoms with Crippen LogP contribution >= 0.6 is 0 Å². The third-order valence-electron chi connectivity index (χ3n) is 1.73. The van der Waals surface area contributed by atoms with Gasteiger partial charge in [-0.3, -0.25) is 14.4 Å². The quantitative estimate of drug-likeness (QED) is 0.353. The van der Waals surface area contributed by atoms with E-state index >= 15 is 0 Å². The molecule has 4 nitrogen and oxygen atoms in total. The first-order valence-electron chi connectivity index (χ1n) is 4.77. The van der Waals surface area contributed by atoms with Crippen molar-refractivity contribution in [1.29, 1.82) is 0 Å². The fourth-order valence-electron chi connectivity index (χ4n) is 0.964. The Kier molecular flexibility index (Phi) is 6.62. The average molecular weight is 200 g/mol. The van der Waals surface area contributed by atoms with E-state index in [1.807, 2.05) is 0 Å². The predicted octanol–water partition coefficient (Wildman–Crippen LogP) is 1.27. The van der Waals surface area contributed by atoms with E-state index in [0.29, 0.717) is 25.9 Å². The Morgan fingerprint density at radius 3 is 2.14 bits per heavy atom. The lowest BCUT2D eigenvalue weighted by atomic mass is 10.1. The highest BCUT2D eigenvalue weighted by atomic mass is 16.5. The normalized spacial score (nSPS) is 9.57. The van der Waals surface area contributed by atoms with Crippen molar-refractivity contribution in [2.45, 2.75) is 39.5 Å². The third-order valence-corrected chi connectivity index (χ3v) is 1.73. The fraction of sp³-hybridized carbons (Fsp3) is 0.700. The van der Waals surface area contributed by atoms with Gasteiger partial charge in [0.05, 0.1) is 6.61 Å². The lowest BCUT2D eigenvalue weighted by molar-refractivity contribution is -0.143. The molecule has 0 aliphatic heterocycles. The Bertz CT molecular complexity index is 220.